The number of nitrogens with one attached hydrogen (secondary N) is 1. The van der Waals surface area contributed by atoms with Crippen molar-refractivity contribution in [1.29, 1.82) is 0 Å². The van der Waals surface area contributed by atoms with Crippen molar-refractivity contribution in [2.45, 2.75) is 27.2 Å². The van der Waals surface area contributed by atoms with Crippen LogP contribution in [0.5, 0.6) is 0 Å². The van der Waals surface area contributed by atoms with Crippen molar-refractivity contribution in [3.05, 3.63) is 23.4 Å². The number of carbonyl (C=O) groups is 1. The predicted octanol–water partition coefficient (Wildman–Crippen LogP) is 1.79. The van der Waals surface area contributed by atoms with E-state index in [0.717, 1.165) is 18.7 Å². The lowest BCUT2D eigenvalue weighted by molar-refractivity contribution is 0.0789. The van der Waals surface area contributed by atoms with Crippen LogP contribution in [0.2, 0.25) is 0 Å². The third-order valence-electron chi connectivity index (χ3n) is 2.74. The maximum absolute atomic E-state index is 12.2. The topological polar surface area (TPSA) is 71.2 Å². The average molecular weight is 250 g/mol. The molecule has 5 nitrogen and oxygen atoms in total. The maximum Gasteiger partial charge on any atom is 0.253 e. The number of aryl methyl sites for hydroxylation is 1. The van der Waals surface area contributed by atoms with Gasteiger partial charge in [0.15, 0.2) is 0 Å². The molecule has 0 bridgehead atoms. The van der Waals surface area contributed by atoms with Crippen LogP contribution in [0.15, 0.2) is 12.1 Å². The molecule has 0 saturated carbocycles. The first kappa shape index (κ1) is 14.4. The lowest BCUT2D eigenvalue weighted by atomic mass is 10.1. The van der Waals surface area contributed by atoms with Gasteiger partial charge in [-0.15, -0.1) is 0 Å². The summed E-state index contributed by atoms with van der Waals surface area (Å²) in [5, 5.41) is 0. The van der Waals surface area contributed by atoms with Gasteiger partial charge in [-0.1, -0.05) is 13.8 Å². The van der Waals surface area contributed by atoms with Gasteiger partial charge in [0.05, 0.1) is 0 Å². The highest BCUT2D eigenvalue weighted by Crippen LogP contribution is 2.12. The molecule has 0 aromatic carbocycles. The number of nitrogen functional groups attached to an aromatic ring is 1. The molecule has 0 aliphatic rings. The molecule has 100 valence electrons. The van der Waals surface area contributed by atoms with E-state index in [4.69, 9.17) is 5.84 Å². The summed E-state index contributed by atoms with van der Waals surface area (Å²) in [7, 11) is 1.82. The van der Waals surface area contributed by atoms with Crippen molar-refractivity contribution in [3.63, 3.8) is 0 Å². The van der Waals surface area contributed by atoms with Crippen LogP contribution in [0.25, 0.3) is 0 Å². The number of anilines is 1. The number of carbonyl (C=O) groups excluding carboxylic acids is 1. The van der Waals surface area contributed by atoms with Gasteiger partial charge in [0.1, 0.15) is 5.82 Å². The number of pyridine rings is 1. The van der Waals surface area contributed by atoms with Gasteiger partial charge in [-0.3, -0.25) is 4.79 Å². The first-order valence-corrected chi connectivity index (χ1v) is 6.14. The summed E-state index contributed by atoms with van der Waals surface area (Å²) in [6, 6.07) is 3.44. The van der Waals surface area contributed by atoms with Gasteiger partial charge in [-0.2, -0.15) is 0 Å². The zero-order chi connectivity index (χ0) is 13.7. The Kier molecular flexibility index (Phi) is 5.09. The molecule has 1 amide bonds. The third kappa shape index (κ3) is 4.00. The molecule has 0 saturated heterocycles. The number of hydrazine groups is 1. The number of nitrogens with two attached hydrogens (primary N) is 1. The minimum Gasteiger partial charge on any atom is -0.342 e. The lowest BCUT2D eigenvalue weighted by Gasteiger charge is -2.18. The van der Waals surface area contributed by atoms with E-state index in [-0.39, 0.29) is 5.91 Å². The predicted molar refractivity (Wildman–Crippen MR) is 73.2 cm³/mol. The molecule has 0 unspecified atom stereocenters. The Bertz CT molecular complexity index is 417. The highest BCUT2D eigenvalue weighted by Gasteiger charge is 2.13. The van der Waals surface area contributed by atoms with Crippen molar-refractivity contribution >= 4 is 11.7 Å². The van der Waals surface area contributed by atoms with Crippen LogP contribution in [0.1, 0.15) is 36.3 Å². The number of rotatable bonds is 5. The van der Waals surface area contributed by atoms with E-state index in [2.05, 4.69) is 24.3 Å². The zero-order valence-electron chi connectivity index (χ0n) is 11.5. The molecule has 0 atom stereocenters. The fourth-order valence-corrected chi connectivity index (χ4v) is 1.64. The van der Waals surface area contributed by atoms with E-state index in [0.29, 0.717) is 17.3 Å². The molecule has 1 aromatic rings. The van der Waals surface area contributed by atoms with Crippen LogP contribution in [0.4, 0.5) is 5.82 Å². The van der Waals surface area contributed by atoms with Crippen molar-refractivity contribution in [2.75, 3.05) is 19.0 Å². The highest BCUT2D eigenvalue weighted by atomic mass is 16.2. The van der Waals surface area contributed by atoms with E-state index < -0.39 is 0 Å². The Morgan fingerprint density at radius 1 is 1.50 bits per heavy atom. The molecule has 18 heavy (non-hydrogen) atoms. The minimum absolute atomic E-state index is 0.00218. The van der Waals surface area contributed by atoms with Gasteiger partial charge in [0.25, 0.3) is 5.91 Å². The fraction of sp³-hybridized carbons (Fsp3) is 0.538. The first-order valence-electron chi connectivity index (χ1n) is 6.14. The van der Waals surface area contributed by atoms with Gasteiger partial charge < -0.3 is 10.3 Å². The summed E-state index contributed by atoms with van der Waals surface area (Å²) >= 11 is 0. The largest absolute Gasteiger partial charge is 0.342 e. The first-order chi connectivity index (χ1) is 8.43. The smallest absolute Gasteiger partial charge is 0.253 e. The van der Waals surface area contributed by atoms with Crippen LogP contribution < -0.4 is 11.3 Å². The molecule has 0 fully saturated rings. The Balaban J connectivity index is 2.79. The SMILES string of the molecule is Cc1cc(C(=O)N(C)CCC(C)C)cc(NN)n1. The Hall–Kier alpha value is -1.62. The number of hydrogen-bond acceptors (Lipinski definition) is 4. The van der Waals surface area contributed by atoms with E-state index in [1.165, 1.54) is 0 Å². The highest BCUT2D eigenvalue weighted by molar-refractivity contribution is 5.94. The monoisotopic (exact) mass is 250 g/mol. The average Bonchev–Trinajstić information content (AvgIpc) is 2.34. The molecular formula is C13H22N4O. The molecule has 3 N–H and O–H groups in total. The molecule has 1 rings (SSSR count). The van der Waals surface area contributed by atoms with Gasteiger partial charge in [-0.05, 0) is 31.4 Å². The van der Waals surface area contributed by atoms with Crippen molar-refractivity contribution < 1.29 is 4.79 Å². The number of aromatic nitrogens is 1. The van der Waals surface area contributed by atoms with Crippen LogP contribution >= 0.6 is 0 Å². The summed E-state index contributed by atoms with van der Waals surface area (Å²) in [6.45, 7) is 6.88. The van der Waals surface area contributed by atoms with Crippen LogP contribution in [-0.2, 0) is 0 Å². The second kappa shape index (κ2) is 6.35. The van der Waals surface area contributed by atoms with E-state index >= 15 is 0 Å². The molecule has 0 aliphatic carbocycles. The molecule has 0 aliphatic heterocycles. The molecule has 0 radical (unpaired) electrons. The number of nitrogens with zero attached hydrogens (tertiary/aromatic N) is 2. The Morgan fingerprint density at radius 3 is 2.72 bits per heavy atom. The summed E-state index contributed by atoms with van der Waals surface area (Å²) in [5.74, 6) is 6.42. The molecule has 5 heteroatoms. The minimum atomic E-state index is -0.00218. The molecule has 1 aromatic heterocycles. The summed E-state index contributed by atoms with van der Waals surface area (Å²) < 4.78 is 0. The molecule has 0 spiro atoms. The van der Waals surface area contributed by atoms with Crippen molar-refractivity contribution in [1.82, 2.24) is 9.88 Å². The van der Waals surface area contributed by atoms with E-state index in [1.807, 2.05) is 14.0 Å². The van der Waals surface area contributed by atoms with E-state index in [9.17, 15) is 4.79 Å². The Labute approximate surface area is 108 Å². The quantitative estimate of drug-likeness (QED) is 0.617. The second-order valence-electron chi connectivity index (χ2n) is 4.94. The Morgan fingerprint density at radius 2 is 2.17 bits per heavy atom. The van der Waals surface area contributed by atoms with Crippen molar-refractivity contribution in [2.24, 2.45) is 11.8 Å². The fourth-order valence-electron chi connectivity index (χ4n) is 1.64. The molecular weight excluding hydrogens is 228 g/mol. The van der Waals surface area contributed by atoms with Gasteiger partial charge in [0, 0.05) is 24.8 Å². The normalized spacial score (nSPS) is 10.6. The van der Waals surface area contributed by atoms with Crippen molar-refractivity contribution in [3.8, 4) is 0 Å². The third-order valence-corrected chi connectivity index (χ3v) is 2.74. The van der Waals surface area contributed by atoms with Gasteiger partial charge >= 0.3 is 0 Å². The maximum atomic E-state index is 12.2. The summed E-state index contributed by atoms with van der Waals surface area (Å²) in [4.78, 5) is 18.1. The van der Waals surface area contributed by atoms with Gasteiger partial charge in [0.2, 0.25) is 0 Å². The number of amides is 1. The second-order valence-corrected chi connectivity index (χ2v) is 4.94. The van der Waals surface area contributed by atoms with Crippen LogP contribution in [-0.4, -0.2) is 29.4 Å². The lowest BCUT2D eigenvalue weighted by Crippen LogP contribution is -2.28. The molecule has 1 heterocycles. The van der Waals surface area contributed by atoms with Gasteiger partial charge in [-0.25, -0.2) is 10.8 Å². The number of hydrogen-bond donors (Lipinski definition) is 2. The summed E-state index contributed by atoms with van der Waals surface area (Å²) in [6.07, 6.45) is 0.994. The van der Waals surface area contributed by atoms with Crippen LogP contribution in [0, 0.1) is 12.8 Å². The summed E-state index contributed by atoms with van der Waals surface area (Å²) in [5.41, 5.74) is 3.85. The van der Waals surface area contributed by atoms with E-state index in [1.54, 1.807) is 17.0 Å². The van der Waals surface area contributed by atoms with Crippen LogP contribution in [0.3, 0.4) is 0 Å². The zero-order valence-corrected chi connectivity index (χ0v) is 11.5. The standard InChI is InChI=1S/C13H22N4O/c1-9(2)5-6-17(4)13(18)11-7-10(3)15-12(8-11)16-14/h7-9H,5-6,14H2,1-4H3,(H,15,16).